The van der Waals surface area contributed by atoms with E-state index >= 15 is 0 Å². The Morgan fingerprint density at radius 3 is 2.48 bits per heavy atom. The van der Waals surface area contributed by atoms with Crippen molar-refractivity contribution in [2.45, 2.75) is 25.3 Å². The summed E-state index contributed by atoms with van der Waals surface area (Å²) in [5.41, 5.74) is 0. The third kappa shape index (κ3) is 4.94. The van der Waals surface area contributed by atoms with E-state index in [9.17, 15) is 31.1 Å². The van der Waals surface area contributed by atoms with Gasteiger partial charge in [0.25, 0.3) is 0 Å². The van der Waals surface area contributed by atoms with Gasteiger partial charge in [-0.05, 0) is 12.1 Å². The quantitative estimate of drug-likeness (QED) is 0.850. The highest BCUT2D eigenvalue weighted by molar-refractivity contribution is 7.15. The normalized spacial score (nSPS) is 12.4. The van der Waals surface area contributed by atoms with Gasteiger partial charge in [0.05, 0.1) is 11.4 Å². The molecule has 0 bridgehead atoms. The van der Waals surface area contributed by atoms with Gasteiger partial charge < -0.3 is 9.84 Å². The van der Waals surface area contributed by atoms with Gasteiger partial charge in [-0.1, -0.05) is 5.16 Å². The van der Waals surface area contributed by atoms with Crippen molar-refractivity contribution in [2.75, 3.05) is 0 Å². The standard InChI is InChI=1S/C11H7F6N3O2S/c12-10(13,14)3-7(21)18-4-5-1-2-6(23-5)8-19-9(22-20-8)11(15,16)17/h1-2H,3-4H2,(H,18,21). The number of carbonyl (C=O) groups excluding carboxylic acids is 1. The van der Waals surface area contributed by atoms with Gasteiger partial charge in [0.1, 0.15) is 6.42 Å². The Labute approximate surface area is 128 Å². The van der Waals surface area contributed by atoms with Crippen LogP contribution in [0.3, 0.4) is 0 Å². The molecule has 0 aromatic carbocycles. The monoisotopic (exact) mass is 359 g/mol. The Kier molecular flexibility index (Phi) is 4.63. The van der Waals surface area contributed by atoms with E-state index in [0.717, 1.165) is 11.3 Å². The molecule has 2 rings (SSSR count). The van der Waals surface area contributed by atoms with Crippen molar-refractivity contribution in [1.82, 2.24) is 15.5 Å². The SMILES string of the molecule is O=C(CC(F)(F)F)NCc1ccc(-c2noc(C(F)(F)F)n2)s1. The number of carbonyl (C=O) groups is 1. The predicted octanol–water partition coefficient (Wildman–Crippen LogP) is 3.39. The number of nitrogens with one attached hydrogen (secondary N) is 1. The maximum absolute atomic E-state index is 12.3. The summed E-state index contributed by atoms with van der Waals surface area (Å²) in [6.45, 7) is -0.191. The molecule has 0 radical (unpaired) electrons. The summed E-state index contributed by atoms with van der Waals surface area (Å²) in [5, 5.41) is 5.24. The van der Waals surface area contributed by atoms with Crippen molar-refractivity contribution in [2.24, 2.45) is 0 Å². The first kappa shape index (κ1) is 17.2. The maximum Gasteiger partial charge on any atom is 0.471 e. The topological polar surface area (TPSA) is 68.0 Å². The molecule has 0 aliphatic heterocycles. The number of hydrogen-bond donors (Lipinski definition) is 1. The molecular formula is C11H7F6N3O2S. The first-order chi connectivity index (χ1) is 10.5. The number of aromatic nitrogens is 2. The largest absolute Gasteiger partial charge is 0.471 e. The van der Waals surface area contributed by atoms with Crippen LogP contribution < -0.4 is 5.32 Å². The summed E-state index contributed by atoms with van der Waals surface area (Å²) < 4.78 is 77.0. The molecule has 0 unspecified atom stereocenters. The zero-order chi connectivity index (χ0) is 17.3. The van der Waals surface area contributed by atoms with Crippen molar-refractivity contribution < 1.29 is 35.7 Å². The molecule has 0 aliphatic rings. The second kappa shape index (κ2) is 6.18. The summed E-state index contributed by atoms with van der Waals surface area (Å²) in [5.74, 6) is -3.00. The Morgan fingerprint density at radius 2 is 1.91 bits per heavy atom. The van der Waals surface area contributed by atoms with Gasteiger partial charge in [0, 0.05) is 4.88 Å². The van der Waals surface area contributed by atoms with Gasteiger partial charge in [0.15, 0.2) is 0 Å². The summed E-state index contributed by atoms with van der Waals surface area (Å²) in [7, 11) is 0. The second-order valence-corrected chi connectivity index (χ2v) is 5.42. The average Bonchev–Trinajstić information content (AvgIpc) is 3.02. The molecule has 2 heterocycles. The minimum absolute atomic E-state index is 0.191. The van der Waals surface area contributed by atoms with Gasteiger partial charge in [-0.2, -0.15) is 31.3 Å². The van der Waals surface area contributed by atoms with E-state index in [1.54, 1.807) is 0 Å². The van der Waals surface area contributed by atoms with E-state index < -0.39 is 30.6 Å². The lowest BCUT2D eigenvalue weighted by Crippen LogP contribution is -2.27. The molecule has 0 atom stereocenters. The van der Waals surface area contributed by atoms with Crippen molar-refractivity contribution in [3.63, 3.8) is 0 Å². The van der Waals surface area contributed by atoms with Crippen LogP contribution in [0.4, 0.5) is 26.3 Å². The molecule has 0 saturated carbocycles. The van der Waals surface area contributed by atoms with E-state index in [0.29, 0.717) is 4.88 Å². The van der Waals surface area contributed by atoms with Gasteiger partial charge >= 0.3 is 18.2 Å². The first-order valence-corrected chi connectivity index (χ1v) is 6.70. The van der Waals surface area contributed by atoms with Crippen molar-refractivity contribution in [1.29, 1.82) is 0 Å². The highest BCUT2D eigenvalue weighted by Crippen LogP contribution is 2.31. The van der Waals surface area contributed by atoms with E-state index in [-0.39, 0.29) is 17.2 Å². The van der Waals surface area contributed by atoms with Crippen molar-refractivity contribution >= 4 is 17.2 Å². The van der Waals surface area contributed by atoms with Gasteiger partial charge in [0.2, 0.25) is 11.7 Å². The number of nitrogens with zero attached hydrogens (tertiary/aromatic N) is 2. The number of rotatable bonds is 4. The predicted molar refractivity (Wildman–Crippen MR) is 65.1 cm³/mol. The van der Waals surface area contributed by atoms with E-state index in [1.165, 1.54) is 12.1 Å². The molecule has 23 heavy (non-hydrogen) atoms. The van der Waals surface area contributed by atoms with Crippen LogP contribution in [0.25, 0.3) is 10.7 Å². The second-order valence-electron chi connectivity index (χ2n) is 4.26. The molecule has 1 N–H and O–H groups in total. The summed E-state index contributed by atoms with van der Waals surface area (Å²) in [6.07, 6.45) is -11.0. The van der Waals surface area contributed by atoms with E-state index in [2.05, 4.69) is 20.0 Å². The number of amides is 1. The Balaban J connectivity index is 1.98. The Morgan fingerprint density at radius 1 is 1.22 bits per heavy atom. The fourth-order valence-electron chi connectivity index (χ4n) is 1.46. The number of hydrogen-bond acceptors (Lipinski definition) is 5. The minimum Gasteiger partial charge on any atom is -0.351 e. The van der Waals surface area contributed by atoms with Gasteiger partial charge in [-0.3, -0.25) is 4.79 Å². The lowest BCUT2D eigenvalue weighted by molar-refractivity contribution is -0.159. The molecule has 2 aromatic rings. The molecule has 0 spiro atoms. The highest BCUT2D eigenvalue weighted by Gasteiger charge is 2.38. The third-order valence-electron chi connectivity index (χ3n) is 2.37. The minimum atomic E-state index is -4.77. The lowest BCUT2D eigenvalue weighted by atomic mass is 10.3. The van der Waals surface area contributed by atoms with Crippen LogP contribution in [-0.4, -0.2) is 22.2 Å². The highest BCUT2D eigenvalue weighted by atomic mass is 32.1. The van der Waals surface area contributed by atoms with E-state index in [1.807, 2.05) is 0 Å². The molecule has 1 amide bonds. The average molecular weight is 359 g/mol. The van der Waals surface area contributed by atoms with Gasteiger partial charge in [-0.25, -0.2) is 0 Å². The molecule has 2 aromatic heterocycles. The molecule has 126 valence electrons. The number of halogens is 6. The summed E-state index contributed by atoms with van der Waals surface area (Å²) in [6, 6.07) is 2.80. The number of thiophene rings is 1. The Bertz CT molecular complexity index is 690. The molecule has 0 aliphatic carbocycles. The molecule has 0 saturated heterocycles. The molecular weight excluding hydrogens is 352 g/mol. The fraction of sp³-hybridized carbons (Fsp3) is 0.364. The zero-order valence-electron chi connectivity index (χ0n) is 11.0. The van der Waals surface area contributed by atoms with Crippen LogP contribution in [0.2, 0.25) is 0 Å². The van der Waals surface area contributed by atoms with Crippen LogP contribution in [-0.2, 0) is 17.5 Å². The molecule has 12 heteroatoms. The van der Waals surface area contributed by atoms with Crippen LogP contribution in [0.1, 0.15) is 17.2 Å². The van der Waals surface area contributed by atoms with Crippen LogP contribution in [0, 0.1) is 0 Å². The van der Waals surface area contributed by atoms with Gasteiger partial charge in [-0.15, -0.1) is 11.3 Å². The molecule has 0 fully saturated rings. The van der Waals surface area contributed by atoms with Crippen molar-refractivity contribution in [3.05, 3.63) is 22.9 Å². The van der Waals surface area contributed by atoms with Crippen LogP contribution >= 0.6 is 11.3 Å². The maximum atomic E-state index is 12.3. The number of alkyl halides is 6. The van der Waals surface area contributed by atoms with Crippen molar-refractivity contribution in [3.8, 4) is 10.7 Å². The van der Waals surface area contributed by atoms with E-state index in [4.69, 9.17) is 0 Å². The Hall–Kier alpha value is -2.11. The van der Waals surface area contributed by atoms with Crippen LogP contribution in [0.15, 0.2) is 16.7 Å². The molecule has 5 nitrogen and oxygen atoms in total. The summed E-state index contributed by atoms with van der Waals surface area (Å²) in [4.78, 5) is 14.9. The zero-order valence-corrected chi connectivity index (χ0v) is 11.8. The summed E-state index contributed by atoms with van der Waals surface area (Å²) >= 11 is 0.922. The fourth-order valence-corrected chi connectivity index (χ4v) is 2.34. The first-order valence-electron chi connectivity index (χ1n) is 5.88. The van der Waals surface area contributed by atoms with Crippen LogP contribution in [0.5, 0.6) is 0 Å². The lowest BCUT2D eigenvalue weighted by Gasteiger charge is -2.06. The smallest absolute Gasteiger partial charge is 0.351 e. The third-order valence-corrected chi connectivity index (χ3v) is 3.45.